The SMILES string of the molecule is Cn1ncc2c(-c3cccc(NC(=O)c4cccc(C(F)(F)F)c4)c3)cncc21. The smallest absolute Gasteiger partial charge is 0.322 e. The lowest BCUT2D eigenvalue weighted by atomic mass is 10.0. The van der Waals surface area contributed by atoms with Gasteiger partial charge in [0, 0.05) is 35.4 Å². The first-order valence-electron chi connectivity index (χ1n) is 8.68. The van der Waals surface area contributed by atoms with Gasteiger partial charge in [0.05, 0.1) is 23.5 Å². The van der Waals surface area contributed by atoms with Gasteiger partial charge in [-0.2, -0.15) is 18.3 Å². The number of amides is 1. The van der Waals surface area contributed by atoms with Crippen molar-refractivity contribution in [2.45, 2.75) is 6.18 Å². The van der Waals surface area contributed by atoms with Crippen molar-refractivity contribution in [2.24, 2.45) is 7.05 Å². The van der Waals surface area contributed by atoms with Crippen molar-refractivity contribution in [1.82, 2.24) is 14.8 Å². The number of anilines is 1. The molecule has 2 aromatic carbocycles. The number of alkyl halides is 3. The van der Waals surface area contributed by atoms with Crippen LogP contribution < -0.4 is 5.32 Å². The minimum absolute atomic E-state index is 0.0683. The van der Waals surface area contributed by atoms with Gasteiger partial charge in [0.15, 0.2) is 0 Å². The molecule has 0 radical (unpaired) electrons. The zero-order chi connectivity index (χ0) is 20.6. The number of rotatable bonds is 3. The van der Waals surface area contributed by atoms with Crippen molar-refractivity contribution in [3.63, 3.8) is 0 Å². The molecule has 4 rings (SSSR count). The molecule has 1 amide bonds. The van der Waals surface area contributed by atoms with E-state index in [0.29, 0.717) is 5.69 Å². The number of aryl methyl sites for hydroxylation is 1. The van der Waals surface area contributed by atoms with E-state index < -0.39 is 17.6 Å². The van der Waals surface area contributed by atoms with Crippen molar-refractivity contribution >= 4 is 22.5 Å². The Morgan fingerprint density at radius 3 is 2.62 bits per heavy atom. The molecule has 0 aliphatic heterocycles. The Bertz CT molecular complexity index is 1210. The first kappa shape index (κ1) is 18.7. The molecule has 0 spiro atoms. The van der Waals surface area contributed by atoms with Gasteiger partial charge < -0.3 is 5.32 Å². The van der Waals surface area contributed by atoms with E-state index >= 15 is 0 Å². The number of carbonyl (C=O) groups excluding carboxylic acids is 1. The molecule has 5 nitrogen and oxygen atoms in total. The van der Waals surface area contributed by atoms with Crippen LogP contribution in [0, 0.1) is 0 Å². The maximum Gasteiger partial charge on any atom is 0.416 e. The maximum atomic E-state index is 12.9. The van der Waals surface area contributed by atoms with Crippen LogP contribution in [0.25, 0.3) is 22.0 Å². The maximum absolute atomic E-state index is 12.9. The number of hydrogen-bond donors (Lipinski definition) is 1. The van der Waals surface area contributed by atoms with Crippen LogP contribution in [0.15, 0.2) is 67.1 Å². The lowest BCUT2D eigenvalue weighted by Gasteiger charge is -2.10. The summed E-state index contributed by atoms with van der Waals surface area (Å²) in [5.74, 6) is -0.619. The highest BCUT2D eigenvalue weighted by Gasteiger charge is 2.30. The molecule has 2 aromatic heterocycles. The summed E-state index contributed by atoms with van der Waals surface area (Å²) in [5.41, 5.74) is 2.03. The number of carbonyl (C=O) groups is 1. The third-order valence-corrected chi connectivity index (χ3v) is 4.56. The fourth-order valence-electron chi connectivity index (χ4n) is 3.09. The Kier molecular flexibility index (Phi) is 4.54. The molecule has 0 aliphatic rings. The van der Waals surface area contributed by atoms with Crippen LogP contribution >= 0.6 is 0 Å². The number of pyridine rings is 1. The molecule has 0 aliphatic carbocycles. The summed E-state index contributed by atoms with van der Waals surface area (Å²) in [6.07, 6.45) is 0.648. The fraction of sp³-hybridized carbons (Fsp3) is 0.0952. The van der Waals surface area contributed by atoms with Crippen LogP contribution in [0.4, 0.5) is 18.9 Å². The number of fused-ring (bicyclic) bond motifs is 1. The van der Waals surface area contributed by atoms with Crippen LogP contribution in [-0.4, -0.2) is 20.7 Å². The highest BCUT2D eigenvalue weighted by molar-refractivity contribution is 6.05. The van der Waals surface area contributed by atoms with Crippen molar-refractivity contribution in [2.75, 3.05) is 5.32 Å². The second-order valence-electron chi connectivity index (χ2n) is 6.50. The van der Waals surface area contributed by atoms with Gasteiger partial charge in [0.25, 0.3) is 5.91 Å². The predicted octanol–water partition coefficient (Wildman–Crippen LogP) is 4.91. The Hall–Kier alpha value is -3.68. The van der Waals surface area contributed by atoms with Crippen LogP contribution in [-0.2, 0) is 13.2 Å². The molecule has 0 fully saturated rings. The first-order chi connectivity index (χ1) is 13.8. The minimum Gasteiger partial charge on any atom is -0.322 e. The fourth-order valence-corrected chi connectivity index (χ4v) is 3.09. The zero-order valence-electron chi connectivity index (χ0n) is 15.2. The molecule has 0 unspecified atom stereocenters. The average molecular weight is 396 g/mol. The molecule has 0 saturated carbocycles. The number of hydrogen-bond acceptors (Lipinski definition) is 3. The van der Waals surface area contributed by atoms with Crippen molar-refractivity contribution in [1.29, 1.82) is 0 Å². The summed E-state index contributed by atoms with van der Waals surface area (Å²) in [7, 11) is 1.82. The van der Waals surface area contributed by atoms with E-state index in [1.54, 1.807) is 41.5 Å². The van der Waals surface area contributed by atoms with Gasteiger partial charge in [-0.25, -0.2) is 0 Å². The highest BCUT2D eigenvalue weighted by atomic mass is 19.4. The van der Waals surface area contributed by atoms with Crippen molar-refractivity contribution in [3.05, 3.63) is 78.2 Å². The van der Waals surface area contributed by atoms with E-state index in [-0.39, 0.29) is 5.56 Å². The third kappa shape index (κ3) is 3.69. The average Bonchev–Trinajstić information content (AvgIpc) is 3.09. The Morgan fingerprint density at radius 2 is 1.83 bits per heavy atom. The molecule has 8 heteroatoms. The predicted molar refractivity (Wildman–Crippen MR) is 103 cm³/mol. The summed E-state index contributed by atoms with van der Waals surface area (Å²) in [6, 6.07) is 11.4. The highest BCUT2D eigenvalue weighted by Crippen LogP contribution is 2.31. The van der Waals surface area contributed by atoms with E-state index in [2.05, 4.69) is 15.4 Å². The second kappa shape index (κ2) is 7.05. The van der Waals surface area contributed by atoms with Gasteiger partial charge in [0.1, 0.15) is 0 Å². The number of benzene rings is 2. The molecular weight excluding hydrogens is 381 g/mol. The van der Waals surface area contributed by atoms with Crippen LogP contribution in [0.5, 0.6) is 0 Å². The summed E-state index contributed by atoms with van der Waals surface area (Å²) < 4.78 is 40.4. The van der Waals surface area contributed by atoms with Gasteiger partial charge in [-0.1, -0.05) is 18.2 Å². The number of halogens is 3. The van der Waals surface area contributed by atoms with Gasteiger partial charge in [-0.05, 0) is 35.9 Å². The molecule has 1 N–H and O–H groups in total. The lowest BCUT2D eigenvalue weighted by molar-refractivity contribution is -0.137. The molecule has 0 bridgehead atoms. The van der Waals surface area contributed by atoms with E-state index in [4.69, 9.17) is 0 Å². The lowest BCUT2D eigenvalue weighted by Crippen LogP contribution is -2.14. The van der Waals surface area contributed by atoms with E-state index in [0.717, 1.165) is 34.2 Å². The van der Waals surface area contributed by atoms with Crippen LogP contribution in [0.1, 0.15) is 15.9 Å². The molecule has 0 atom stereocenters. The number of nitrogens with zero attached hydrogens (tertiary/aromatic N) is 3. The first-order valence-corrected chi connectivity index (χ1v) is 8.68. The van der Waals surface area contributed by atoms with Crippen molar-refractivity contribution < 1.29 is 18.0 Å². The third-order valence-electron chi connectivity index (χ3n) is 4.56. The Balaban J connectivity index is 1.64. The summed E-state index contributed by atoms with van der Waals surface area (Å²) in [5, 5.41) is 7.79. The van der Waals surface area contributed by atoms with Gasteiger partial charge in [-0.3, -0.25) is 14.5 Å². The van der Waals surface area contributed by atoms with E-state index in [1.165, 1.54) is 12.1 Å². The second-order valence-corrected chi connectivity index (χ2v) is 6.50. The largest absolute Gasteiger partial charge is 0.416 e. The topological polar surface area (TPSA) is 59.8 Å². The zero-order valence-corrected chi connectivity index (χ0v) is 15.2. The molecule has 0 saturated heterocycles. The molecule has 146 valence electrons. The summed E-state index contributed by atoms with van der Waals surface area (Å²) >= 11 is 0. The number of nitrogens with one attached hydrogen (secondary N) is 1. The molecule has 29 heavy (non-hydrogen) atoms. The quantitative estimate of drug-likeness (QED) is 0.536. The van der Waals surface area contributed by atoms with Gasteiger partial charge in [0.2, 0.25) is 0 Å². The summed E-state index contributed by atoms with van der Waals surface area (Å²) in [4.78, 5) is 16.7. The Morgan fingerprint density at radius 1 is 1.03 bits per heavy atom. The normalized spacial score (nSPS) is 11.6. The molecule has 4 aromatic rings. The standard InChI is InChI=1S/C21H15F3N4O/c1-28-19-12-25-10-17(18(19)11-26-28)13-4-3-7-16(9-13)27-20(29)14-5-2-6-15(8-14)21(22,23)24/h2-12H,1H3,(H,27,29). The van der Waals surface area contributed by atoms with Gasteiger partial charge in [-0.15, -0.1) is 0 Å². The number of aromatic nitrogens is 3. The monoisotopic (exact) mass is 396 g/mol. The van der Waals surface area contributed by atoms with E-state index in [9.17, 15) is 18.0 Å². The summed E-state index contributed by atoms with van der Waals surface area (Å²) in [6.45, 7) is 0. The van der Waals surface area contributed by atoms with E-state index in [1.807, 2.05) is 13.1 Å². The molecular formula is C21H15F3N4O. The van der Waals surface area contributed by atoms with Crippen LogP contribution in [0.2, 0.25) is 0 Å². The van der Waals surface area contributed by atoms with Crippen LogP contribution in [0.3, 0.4) is 0 Å². The minimum atomic E-state index is -4.51. The Labute approximate surface area is 163 Å². The van der Waals surface area contributed by atoms with Gasteiger partial charge >= 0.3 is 6.18 Å². The van der Waals surface area contributed by atoms with Crippen molar-refractivity contribution in [3.8, 4) is 11.1 Å². The molecule has 2 heterocycles.